The van der Waals surface area contributed by atoms with Crippen LogP contribution < -0.4 is 15.8 Å². The Balaban J connectivity index is 1.75. The van der Waals surface area contributed by atoms with E-state index in [1.807, 2.05) is 38.1 Å². The molecule has 1 amide bonds. The number of ether oxygens (including phenoxy) is 1. The standard InChI is InChI=1S/C19H21N3O3S/c1-11(21-18(23)14-8-16(9-20)25-10-14)17-12(2)22-19(26-17)13-4-6-15(24-3)7-5-13/h4-8,10-11H,9,20H2,1-3H3,(H,21,23). The molecule has 6 nitrogen and oxygen atoms in total. The van der Waals surface area contributed by atoms with Gasteiger partial charge in [0.1, 0.15) is 22.8 Å². The van der Waals surface area contributed by atoms with Crippen molar-refractivity contribution in [3.63, 3.8) is 0 Å². The van der Waals surface area contributed by atoms with Gasteiger partial charge >= 0.3 is 0 Å². The normalized spacial score (nSPS) is 12.0. The molecule has 136 valence electrons. The lowest BCUT2D eigenvalue weighted by Crippen LogP contribution is -2.26. The van der Waals surface area contributed by atoms with Crippen LogP contribution in [0.5, 0.6) is 5.75 Å². The zero-order chi connectivity index (χ0) is 18.7. The van der Waals surface area contributed by atoms with Crippen LogP contribution in [-0.4, -0.2) is 18.0 Å². The first-order chi connectivity index (χ1) is 12.5. The number of hydrogen-bond donors (Lipinski definition) is 2. The average molecular weight is 371 g/mol. The van der Waals surface area contributed by atoms with E-state index < -0.39 is 0 Å². The van der Waals surface area contributed by atoms with Gasteiger partial charge in [0.05, 0.1) is 35.8 Å². The molecule has 3 aromatic rings. The molecule has 0 radical (unpaired) electrons. The second kappa shape index (κ2) is 7.72. The summed E-state index contributed by atoms with van der Waals surface area (Å²) in [5.74, 6) is 1.19. The van der Waals surface area contributed by atoms with Gasteiger partial charge in [0.15, 0.2) is 0 Å². The number of hydrogen-bond acceptors (Lipinski definition) is 6. The molecule has 1 atom stereocenters. The summed E-state index contributed by atoms with van der Waals surface area (Å²) in [6.45, 7) is 4.16. The molecule has 1 unspecified atom stereocenters. The lowest BCUT2D eigenvalue weighted by atomic mass is 10.2. The number of carbonyl (C=O) groups excluding carboxylic acids is 1. The van der Waals surface area contributed by atoms with Gasteiger partial charge in [-0.1, -0.05) is 0 Å². The van der Waals surface area contributed by atoms with Crippen molar-refractivity contribution in [3.05, 3.63) is 58.5 Å². The minimum atomic E-state index is -0.195. The van der Waals surface area contributed by atoms with E-state index in [0.717, 1.165) is 26.9 Å². The van der Waals surface area contributed by atoms with Crippen molar-refractivity contribution in [1.29, 1.82) is 0 Å². The summed E-state index contributed by atoms with van der Waals surface area (Å²) < 4.78 is 10.4. The van der Waals surface area contributed by atoms with Crippen LogP contribution >= 0.6 is 11.3 Å². The predicted molar refractivity (Wildman–Crippen MR) is 101 cm³/mol. The third kappa shape index (κ3) is 3.79. The number of carbonyl (C=O) groups is 1. The van der Waals surface area contributed by atoms with Gasteiger partial charge in [0.25, 0.3) is 5.91 Å². The molecule has 7 heteroatoms. The highest BCUT2D eigenvalue weighted by Crippen LogP contribution is 2.32. The molecule has 0 fully saturated rings. The zero-order valence-electron chi connectivity index (χ0n) is 14.9. The minimum Gasteiger partial charge on any atom is -0.497 e. The molecule has 0 aliphatic rings. The number of nitrogens with zero attached hydrogens (tertiary/aromatic N) is 1. The monoisotopic (exact) mass is 371 g/mol. The number of nitrogens with one attached hydrogen (secondary N) is 1. The summed E-state index contributed by atoms with van der Waals surface area (Å²) in [6, 6.07) is 9.26. The topological polar surface area (TPSA) is 90.4 Å². The Morgan fingerprint density at radius 3 is 2.73 bits per heavy atom. The van der Waals surface area contributed by atoms with Gasteiger partial charge in [0.2, 0.25) is 0 Å². The Kier molecular flexibility index (Phi) is 5.39. The highest BCUT2D eigenvalue weighted by atomic mass is 32.1. The Morgan fingerprint density at radius 1 is 1.38 bits per heavy atom. The van der Waals surface area contributed by atoms with Crippen molar-refractivity contribution >= 4 is 17.2 Å². The van der Waals surface area contributed by atoms with Crippen LogP contribution in [0.25, 0.3) is 10.6 Å². The molecule has 1 aromatic carbocycles. The Labute approximate surface area is 156 Å². The summed E-state index contributed by atoms with van der Waals surface area (Å²) in [6.07, 6.45) is 1.42. The molecule has 0 aliphatic heterocycles. The van der Waals surface area contributed by atoms with Gasteiger partial charge in [-0.2, -0.15) is 0 Å². The summed E-state index contributed by atoms with van der Waals surface area (Å²) in [4.78, 5) is 18.0. The third-order valence-corrected chi connectivity index (χ3v) is 5.42. The summed E-state index contributed by atoms with van der Waals surface area (Å²) in [5.41, 5.74) is 7.90. The maximum absolute atomic E-state index is 12.4. The van der Waals surface area contributed by atoms with E-state index in [1.165, 1.54) is 6.26 Å². The van der Waals surface area contributed by atoms with E-state index >= 15 is 0 Å². The van der Waals surface area contributed by atoms with E-state index in [4.69, 9.17) is 14.9 Å². The summed E-state index contributed by atoms with van der Waals surface area (Å²) in [5, 5.41) is 3.90. The van der Waals surface area contributed by atoms with Crippen LogP contribution in [-0.2, 0) is 6.54 Å². The third-order valence-electron chi connectivity index (χ3n) is 4.03. The fourth-order valence-electron chi connectivity index (χ4n) is 2.62. The first-order valence-electron chi connectivity index (χ1n) is 8.22. The quantitative estimate of drug-likeness (QED) is 0.690. The van der Waals surface area contributed by atoms with E-state index in [9.17, 15) is 4.79 Å². The van der Waals surface area contributed by atoms with Crippen LogP contribution in [0.2, 0.25) is 0 Å². The number of benzene rings is 1. The highest BCUT2D eigenvalue weighted by Gasteiger charge is 2.19. The van der Waals surface area contributed by atoms with Crippen LogP contribution in [0, 0.1) is 6.92 Å². The van der Waals surface area contributed by atoms with Gasteiger partial charge in [-0.25, -0.2) is 4.98 Å². The van der Waals surface area contributed by atoms with E-state index in [2.05, 4.69) is 10.3 Å². The average Bonchev–Trinajstić information content (AvgIpc) is 3.28. The number of nitrogens with two attached hydrogens (primary N) is 1. The lowest BCUT2D eigenvalue weighted by molar-refractivity contribution is 0.0940. The SMILES string of the molecule is COc1ccc(-c2nc(C)c(C(C)NC(=O)c3coc(CN)c3)s2)cc1. The van der Waals surface area contributed by atoms with Gasteiger partial charge in [-0.3, -0.25) is 4.79 Å². The van der Waals surface area contributed by atoms with Crippen molar-refractivity contribution in [3.8, 4) is 16.3 Å². The number of amides is 1. The molecule has 0 bridgehead atoms. The first-order valence-corrected chi connectivity index (χ1v) is 9.03. The van der Waals surface area contributed by atoms with Crippen LogP contribution in [0.4, 0.5) is 0 Å². The fraction of sp³-hybridized carbons (Fsp3) is 0.263. The van der Waals surface area contributed by atoms with Gasteiger partial charge in [0, 0.05) is 5.56 Å². The second-order valence-electron chi connectivity index (χ2n) is 5.90. The molecule has 0 aliphatic carbocycles. The maximum atomic E-state index is 12.4. The van der Waals surface area contributed by atoms with Crippen LogP contribution in [0.3, 0.4) is 0 Å². The van der Waals surface area contributed by atoms with Crippen molar-refractivity contribution in [2.45, 2.75) is 26.4 Å². The zero-order valence-corrected chi connectivity index (χ0v) is 15.7. The number of rotatable bonds is 6. The van der Waals surface area contributed by atoms with Gasteiger partial charge in [-0.15, -0.1) is 11.3 Å². The Morgan fingerprint density at radius 2 is 2.12 bits per heavy atom. The molecule has 0 saturated carbocycles. The number of aromatic nitrogens is 1. The second-order valence-corrected chi connectivity index (χ2v) is 6.93. The minimum absolute atomic E-state index is 0.164. The van der Waals surface area contributed by atoms with Crippen molar-refractivity contribution in [2.75, 3.05) is 7.11 Å². The molecule has 3 N–H and O–H groups in total. The molecule has 26 heavy (non-hydrogen) atoms. The molecule has 2 aromatic heterocycles. The van der Waals surface area contributed by atoms with E-state index in [1.54, 1.807) is 24.5 Å². The number of aryl methyl sites for hydroxylation is 1. The number of methoxy groups -OCH3 is 1. The Bertz CT molecular complexity index is 899. The fourth-order valence-corrected chi connectivity index (χ4v) is 3.69. The molecular weight excluding hydrogens is 350 g/mol. The molecule has 0 saturated heterocycles. The highest BCUT2D eigenvalue weighted by molar-refractivity contribution is 7.15. The van der Waals surface area contributed by atoms with Crippen molar-refractivity contribution < 1.29 is 13.9 Å². The maximum Gasteiger partial charge on any atom is 0.255 e. The molecule has 0 spiro atoms. The van der Waals surface area contributed by atoms with Crippen molar-refractivity contribution in [2.24, 2.45) is 5.73 Å². The van der Waals surface area contributed by atoms with Gasteiger partial charge < -0.3 is 20.2 Å². The summed E-state index contributed by atoms with van der Waals surface area (Å²) in [7, 11) is 1.64. The largest absolute Gasteiger partial charge is 0.497 e. The number of furan rings is 1. The van der Waals surface area contributed by atoms with Gasteiger partial charge in [-0.05, 0) is 44.2 Å². The number of thiazole rings is 1. The van der Waals surface area contributed by atoms with Crippen LogP contribution in [0.1, 0.15) is 39.7 Å². The van der Waals surface area contributed by atoms with Crippen LogP contribution in [0.15, 0.2) is 41.0 Å². The first kappa shape index (κ1) is 18.2. The molecular formula is C19H21N3O3S. The lowest BCUT2D eigenvalue weighted by Gasteiger charge is -2.11. The Hall–Kier alpha value is -2.64. The smallest absolute Gasteiger partial charge is 0.255 e. The molecule has 2 heterocycles. The molecule has 3 rings (SSSR count). The van der Waals surface area contributed by atoms with E-state index in [-0.39, 0.29) is 18.5 Å². The summed E-state index contributed by atoms with van der Waals surface area (Å²) >= 11 is 1.57. The van der Waals surface area contributed by atoms with E-state index in [0.29, 0.717) is 11.3 Å². The predicted octanol–water partition coefficient (Wildman–Crippen LogP) is 3.67. The van der Waals surface area contributed by atoms with Crippen molar-refractivity contribution in [1.82, 2.24) is 10.3 Å².